The molecule has 1 heterocycles. The van der Waals surface area contributed by atoms with Crippen LogP contribution in [0.2, 0.25) is 0 Å². The lowest BCUT2D eigenvalue weighted by Gasteiger charge is -2.42. The molecule has 0 atom stereocenters. The number of fused-ring (bicyclic) bond motifs is 1. The predicted octanol–water partition coefficient (Wildman–Crippen LogP) is 2.21. The van der Waals surface area contributed by atoms with Crippen LogP contribution >= 0.6 is 0 Å². The summed E-state index contributed by atoms with van der Waals surface area (Å²) in [5.41, 5.74) is 2.55. The van der Waals surface area contributed by atoms with Gasteiger partial charge in [0.25, 0.3) is 0 Å². The maximum absolute atomic E-state index is 9.43. The van der Waals surface area contributed by atoms with Crippen molar-refractivity contribution in [3.05, 3.63) is 29.8 Å². The van der Waals surface area contributed by atoms with Gasteiger partial charge in [-0.15, -0.1) is 0 Å². The van der Waals surface area contributed by atoms with Crippen molar-refractivity contribution in [2.24, 2.45) is 0 Å². The lowest BCUT2D eigenvalue weighted by atomic mass is 9.95. The Balaban J connectivity index is 2.38. The van der Waals surface area contributed by atoms with Gasteiger partial charge in [0, 0.05) is 12.2 Å². The van der Waals surface area contributed by atoms with Gasteiger partial charge in [-0.05, 0) is 38.3 Å². The summed E-state index contributed by atoms with van der Waals surface area (Å²) in [6.07, 6.45) is 2.34. The summed E-state index contributed by atoms with van der Waals surface area (Å²) in [5.74, 6) is 0. The maximum Gasteiger partial charge on any atom is 0.0658 e. The van der Waals surface area contributed by atoms with Gasteiger partial charge >= 0.3 is 0 Å². The van der Waals surface area contributed by atoms with Crippen molar-refractivity contribution in [1.82, 2.24) is 0 Å². The first-order chi connectivity index (χ1) is 7.15. The van der Waals surface area contributed by atoms with E-state index in [1.807, 2.05) is 0 Å². The highest BCUT2D eigenvalue weighted by atomic mass is 16.3. The lowest BCUT2D eigenvalue weighted by Crippen LogP contribution is -2.49. The van der Waals surface area contributed by atoms with Crippen LogP contribution in [-0.4, -0.2) is 23.8 Å². The molecule has 0 bridgehead atoms. The lowest BCUT2D eigenvalue weighted by molar-refractivity contribution is 0.210. The third kappa shape index (κ3) is 1.86. The van der Waals surface area contributed by atoms with Crippen LogP contribution in [0.3, 0.4) is 0 Å². The predicted molar refractivity (Wildman–Crippen MR) is 63.3 cm³/mol. The first-order valence-electron chi connectivity index (χ1n) is 5.61. The van der Waals surface area contributed by atoms with Crippen LogP contribution in [0.15, 0.2) is 24.3 Å². The molecule has 0 spiro atoms. The number of aliphatic hydroxyl groups excluding tert-OH is 1. The molecular weight excluding hydrogens is 186 g/mol. The van der Waals surface area contributed by atoms with Gasteiger partial charge in [-0.1, -0.05) is 18.2 Å². The van der Waals surface area contributed by atoms with E-state index in [2.05, 4.69) is 43.0 Å². The van der Waals surface area contributed by atoms with Crippen LogP contribution < -0.4 is 4.90 Å². The summed E-state index contributed by atoms with van der Waals surface area (Å²) < 4.78 is 0. The molecule has 2 nitrogen and oxygen atoms in total. The van der Waals surface area contributed by atoms with Crippen molar-refractivity contribution in [1.29, 1.82) is 0 Å². The molecule has 0 aliphatic carbocycles. The summed E-state index contributed by atoms with van der Waals surface area (Å²) >= 11 is 0. The van der Waals surface area contributed by atoms with E-state index in [1.54, 1.807) is 0 Å². The fourth-order valence-corrected chi connectivity index (χ4v) is 2.25. The molecule has 2 rings (SSSR count). The highest BCUT2D eigenvalue weighted by Gasteiger charge is 2.29. The molecule has 0 unspecified atom stereocenters. The highest BCUT2D eigenvalue weighted by molar-refractivity contribution is 5.57. The van der Waals surface area contributed by atoms with Crippen molar-refractivity contribution in [3.63, 3.8) is 0 Å². The monoisotopic (exact) mass is 205 g/mol. The molecule has 2 heteroatoms. The molecule has 0 radical (unpaired) electrons. The average Bonchev–Trinajstić information content (AvgIpc) is 2.28. The number of rotatable bonds is 2. The van der Waals surface area contributed by atoms with E-state index in [-0.39, 0.29) is 12.1 Å². The first-order valence-corrected chi connectivity index (χ1v) is 5.61. The smallest absolute Gasteiger partial charge is 0.0658 e. The number of nitrogens with zero attached hydrogens (tertiary/aromatic N) is 1. The summed E-state index contributed by atoms with van der Waals surface area (Å²) in [6.45, 7) is 5.43. The number of aliphatic hydroxyl groups is 1. The minimum atomic E-state index is -0.156. The Morgan fingerprint density at radius 1 is 1.33 bits per heavy atom. The zero-order valence-electron chi connectivity index (χ0n) is 9.53. The van der Waals surface area contributed by atoms with Gasteiger partial charge in [-0.25, -0.2) is 0 Å². The minimum Gasteiger partial charge on any atom is -0.394 e. The van der Waals surface area contributed by atoms with Crippen LogP contribution in [0.25, 0.3) is 0 Å². The Morgan fingerprint density at radius 2 is 2.07 bits per heavy atom. The maximum atomic E-state index is 9.43. The Hall–Kier alpha value is -1.02. The average molecular weight is 205 g/mol. The Kier molecular flexibility index (Phi) is 2.70. The van der Waals surface area contributed by atoms with Gasteiger partial charge in [-0.3, -0.25) is 0 Å². The van der Waals surface area contributed by atoms with Crippen LogP contribution in [0.1, 0.15) is 25.8 Å². The molecule has 15 heavy (non-hydrogen) atoms. The molecule has 1 aliphatic heterocycles. The second-order valence-electron chi connectivity index (χ2n) is 4.85. The Labute approximate surface area is 91.5 Å². The highest BCUT2D eigenvalue weighted by Crippen LogP contribution is 2.32. The first kappa shape index (κ1) is 10.5. The number of benzene rings is 1. The van der Waals surface area contributed by atoms with Gasteiger partial charge in [0.1, 0.15) is 0 Å². The van der Waals surface area contributed by atoms with Crippen molar-refractivity contribution in [2.45, 2.75) is 32.2 Å². The summed E-state index contributed by atoms with van der Waals surface area (Å²) in [4.78, 5) is 2.33. The molecule has 0 amide bonds. The molecule has 0 saturated heterocycles. The number of aryl methyl sites for hydroxylation is 1. The van der Waals surface area contributed by atoms with Crippen molar-refractivity contribution in [3.8, 4) is 0 Å². The normalized spacial score (nSPS) is 16.3. The van der Waals surface area contributed by atoms with E-state index in [0.29, 0.717) is 0 Å². The number of hydrogen-bond donors (Lipinski definition) is 1. The number of anilines is 1. The van der Waals surface area contributed by atoms with E-state index in [1.165, 1.54) is 17.7 Å². The molecule has 82 valence electrons. The van der Waals surface area contributed by atoms with Gasteiger partial charge in [0.15, 0.2) is 0 Å². The van der Waals surface area contributed by atoms with E-state index in [4.69, 9.17) is 0 Å². The molecule has 1 aromatic rings. The van der Waals surface area contributed by atoms with Crippen LogP contribution in [0, 0.1) is 0 Å². The fraction of sp³-hybridized carbons (Fsp3) is 0.538. The van der Waals surface area contributed by atoms with E-state index < -0.39 is 0 Å². The van der Waals surface area contributed by atoms with Crippen LogP contribution in [0.4, 0.5) is 5.69 Å². The summed E-state index contributed by atoms with van der Waals surface area (Å²) in [6, 6.07) is 8.51. The zero-order chi connectivity index (χ0) is 10.9. The third-order valence-corrected chi connectivity index (χ3v) is 3.23. The molecule has 0 saturated carbocycles. The van der Waals surface area contributed by atoms with E-state index >= 15 is 0 Å². The Bertz CT molecular complexity index is 346. The molecule has 1 aliphatic rings. The summed E-state index contributed by atoms with van der Waals surface area (Å²) in [5, 5.41) is 9.43. The minimum absolute atomic E-state index is 0.156. The zero-order valence-corrected chi connectivity index (χ0v) is 9.53. The largest absolute Gasteiger partial charge is 0.394 e. The fourth-order valence-electron chi connectivity index (χ4n) is 2.25. The third-order valence-electron chi connectivity index (χ3n) is 3.23. The van der Waals surface area contributed by atoms with Crippen LogP contribution in [-0.2, 0) is 6.42 Å². The van der Waals surface area contributed by atoms with Gasteiger partial charge < -0.3 is 10.0 Å². The molecule has 0 aromatic heterocycles. The topological polar surface area (TPSA) is 23.5 Å². The van der Waals surface area contributed by atoms with Crippen LogP contribution in [0.5, 0.6) is 0 Å². The van der Waals surface area contributed by atoms with Gasteiger partial charge in [0.2, 0.25) is 0 Å². The molecule has 1 N–H and O–H groups in total. The number of para-hydroxylation sites is 1. The quantitative estimate of drug-likeness (QED) is 0.800. The van der Waals surface area contributed by atoms with Gasteiger partial charge in [-0.2, -0.15) is 0 Å². The van der Waals surface area contributed by atoms with Gasteiger partial charge in [0.05, 0.1) is 12.1 Å². The van der Waals surface area contributed by atoms with Crippen molar-refractivity contribution in [2.75, 3.05) is 18.1 Å². The molecular formula is C13H19NO. The van der Waals surface area contributed by atoms with Crippen molar-refractivity contribution >= 4 is 5.69 Å². The second-order valence-corrected chi connectivity index (χ2v) is 4.85. The summed E-state index contributed by atoms with van der Waals surface area (Å²) in [7, 11) is 0. The standard InChI is InChI=1S/C13H19NO/c1-13(2,10-15)14-9-5-7-11-6-3-4-8-12(11)14/h3-4,6,8,15H,5,7,9-10H2,1-2H3. The SMILES string of the molecule is CC(C)(CO)N1CCCc2ccccc21. The van der Waals surface area contributed by atoms with E-state index in [0.717, 1.165) is 13.0 Å². The molecule has 0 fully saturated rings. The van der Waals surface area contributed by atoms with E-state index in [9.17, 15) is 5.11 Å². The Morgan fingerprint density at radius 3 is 2.80 bits per heavy atom. The number of hydrogen-bond acceptors (Lipinski definition) is 2. The molecule has 1 aromatic carbocycles. The van der Waals surface area contributed by atoms with Crippen molar-refractivity contribution < 1.29 is 5.11 Å². The second kappa shape index (κ2) is 3.86.